The minimum Gasteiger partial charge on any atom is -0.467 e. The molecule has 2 aromatic rings. The van der Waals surface area contributed by atoms with E-state index in [1.807, 2.05) is 0 Å². The van der Waals surface area contributed by atoms with E-state index < -0.39 is 41.5 Å². The highest BCUT2D eigenvalue weighted by atomic mass is 19.2. The number of amides is 2. The number of halogens is 3. The second-order valence-corrected chi connectivity index (χ2v) is 4.73. The van der Waals surface area contributed by atoms with E-state index >= 15 is 0 Å². The lowest BCUT2D eigenvalue weighted by Crippen LogP contribution is -2.36. The molecule has 5 nitrogen and oxygen atoms in total. The van der Waals surface area contributed by atoms with Crippen molar-refractivity contribution in [3.8, 4) is 0 Å². The van der Waals surface area contributed by atoms with Gasteiger partial charge in [0.1, 0.15) is 12.3 Å². The summed E-state index contributed by atoms with van der Waals surface area (Å²) in [5.74, 6) is -5.23. The van der Waals surface area contributed by atoms with E-state index in [4.69, 9.17) is 4.42 Å². The Bertz CT molecular complexity index is 717. The molecule has 0 unspecified atom stereocenters. The van der Waals surface area contributed by atoms with Crippen molar-refractivity contribution >= 4 is 17.5 Å². The van der Waals surface area contributed by atoms with Crippen LogP contribution < -0.4 is 5.32 Å². The van der Waals surface area contributed by atoms with Gasteiger partial charge in [-0.1, -0.05) is 0 Å². The number of carbonyl (C=O) groups excluding carboxylic acids is 2. The van der Waals surface area contributed by atoms with Gasteiger partial charge >= 0.3 is 0 Å². The molecular weight excluding hydrogens is 313 g/mol. The van der Waals surface area contributed by atoms with E-state index in [1.165, 1.54) is 13.2 Å². The third-order valence-electron chi connectivity index (χ3n) is 3.02. The number of carbonyl (C=O) groups is 2. The number of furan rings is 1. The first-order valence-electron chi connectivity index (χ1n) is 6.59. The molecule has 1 heterocycles. The van der Waals surface area contributed by atoms with Gasteiger partial charge in [-0.3, -0.25) is 9.59 Å². The van der Waals surface area contributed by atoms with Crippen LogP contribution in [0.5, 0.6) is 0 Å². The first kappa shape index (κ1) is 16.6. The lowest BCUT2D eigenvalue weighted by molar-refractivity contribution is -0.133. The van der Waals surface area contributed by atoms with Crippen molar-refractivity contribution in [2.75, 3.05) is 11.9 Å². The average Bonchev–Trinajstić information content (AvgIpc) is 3.00. The van der Waals surface area contributed by atoms with Crippen molar-refractivity contribution in [3.63, 3.8) is 0 Å². The Morgan fingerprint density at radius 2 is 1.91 bits per heavy atom. The first-order valence-corrected chi connectivity index (χ1v) is 6.59. The summed E-state index contributed by atoms with van der Waals surface area (Å²) >= 11 is 0. The van der Waals surface area contributed by atoms with Crippen LogP contribution in [0, 0.1) is 17.5 Å². The molecule has 0 saturated carbocycles. The highest BCUT2D eigenvalue weighted by Gasteiger charge is 2.18. The van der Waals surface area contributed by atoms with Crippen molar-refractivity contribution in [1.29, 1.82) is 0 Å². The fraction of sp³-hybridized carbons (Fsp3) is 0.200. The van der Waals surface area contributed by atoms with Gasteiger partial charge in [0, 0.05) is 6.92 Å². The van der Waals surface area contributed by atoms with Crippen LogP contribution in [0.1, 0.15) is 12.7 Å². The van der Waals surface area contributed by atoms with Gasteiger partial charge < -0.3 is 14.6 Å². The summed E-state index contributed by atoms with van der Waals surface area (Å²) in [6.07, 6.45) is 1.42. The van der Waals surface area contributed by atoms with E-state index in [2.05, 4.69) is 5.32 Å². The van der Waals surface area contributed by atoms with Crippen LogP contribution in [0.3, 0.4) is 0 Å². The monoisotopic (exact) mass is 326 g/mol. The van der Waals surface area contributed by atoms with Gasteiger partial charge in [-0.25, -0.2) is 13.2 Å². The smallest absolute Gasteiger partial charge is 0.244 e. The van der Waals surface area contributed by atoms with Crippen LogP contribution in [-0.2, 0) is 16.1 Å². The zero-order valence-electron chi connectivity index (χ0n) is 12.1. The molecule has 0 atom stereocenters. The summed E-state index contributed by atoms with van der Waals surface area (Å²) in [6.45, 7) is 0.916. The minimum absolute atomic E-state index is 0.0516. The average molecular weight is 326 g/mol. The third-order valence-corrected chi connectivity index (χ3v) is 3.02. The summed E-state index contributed by atoms with van der Waals surface area (Å²) in [6, 6.07) is 4.85. The van der Waals surface area contributed by atoms with Gasteiger partial charge in [-0.05, 0) is 24.3 Å². The van der Waals surface area contributed by atoms with Crippen molar-refractivity contribution in [1.82, 2.24) is 4.90 Å². The molecule has 23 heavy (non-hydrogen) atoms. The highest BCUT2D eigenvalue weighted by Crippen LogP contribution is 2.19. The van der Waals surface area contributed by atoms with Gasteiger partial charge in [0.05, 0.1) is 18.5 Å². The van der Waals surface area contributed by atoms with Gasteiger partial charge in [-0.2, -0.15) is 0 Å². The molecule has 122 valence electrons. The molecule has 0 aliphatic carbocycles. The maximum atomic E-state index is 13.5. The Morgan fingerprint density at radius 3 is 2.52 bits per heavy atom. The lowest BCUT2D eigenvalue weighted by atomic mass is 10.2. The van der Waals surface area contributed by atoms with Gasteiger partial charge in [0.25, 0.3) is 0 Å². The Hall–Kier alpha value is -2.77. The molecule has 8 heteroatoms. The molecule has 0 spiro atoms. The van der Waals surface area contributed by atoms with Crippen LogP contribution >= 0.6 is 0 Å². The van der Waals surface area contributed by atoms with E-state index in [0.717, 1.165) is 11.0 Å². The molecule has 0 fully saturated rings. The van der Waals surface area contributed by atoms with Gasteiger partial charge in [-0.15, -0.1) is 0 Å². The van der Waals surface area contributed by atoms with Crippen LogP contribution in [0.25, 0.3) is 0 Å². The van der Waals surface area contributed by atoms with Crippen LogP contribution in [0.4, 0.5) is 18.9 Å². The number of hydrogen-bond donors (Lipinski definition) is 1. The molecule has 1 aromatic heterocycles. The highest BCUT2D eigenvalue weighted by molar-refractivity contribution is 5.94. The van der Waals surface area contributed by atoms with Gasteiger partial charge in [0.15, 0.2) is 17.5 Å². The summed E-state index contributed by atoms with van der Waals surface area (Å²) in [5.41, 5.74) is -0.504. The van der Waals surface area contributed by atoms with Crippen molar-refractivity contribution in [2.45, 2.75) is 13.5 Å². The predicted molar refractivity (Wildman–Crippen MR) is 74.7 cm³/mol. The van der Waals surface area contributed by atoms with Crippen LogP contribution in [0.2, 0.25) is 0 Å². The molecule has 0 aliphatic heterocycles. The van der Waals surface area contributed by atoms with E-state index in [1.54, 1.807) is 12.1 Å². The standard InChI is InChI=1S/C15H13F3N2O3/c1-9(21)20(7-10-3-2-6-23-10)8-13(22)19-12-5-4-11(16)14(17)15(12)18/h2-6H,7-8H2,1H3,(H,19,22). The van der Waals surface area contributed by atoms with Crippen LogP contribution in [0.15, 0.2) is 34.9 Å². The molecular formula is C15H13F3N2O3. The third kappa shape index (κ3) is 4.12. The van der Waals surface area contributed by atoms with Crippen molar-refractivity contribution < 1.29 is 27.2 Å². The Morgan fingerprint density at radius 1 is 1.17 bits per heavy atom. The van der Waals surface area contributed by atoms with E-state index in [9.17, 15) is 22.8 Å². The largest absolute Gasteiger partial charge is 0.467 e. The number of anilines is 1. The van der Waals surface area contributed by atoms with Crippen molar-refractivity contribution in [3.05, 3.63) is 53.7 Å². The zero-order chi connectivity index (χ0) is 17.0. The zero-order valence-corrected chi connectivity index (χ0v) is 12.1. The molecule has 1 N–H and O–H groups in total. The second-order valence-electron chi connectivity index (χ2n) is 4.73. The summed E-state index contributed by atoms with van der Waals surface area (Å²) < 4.78 is 44.5. The summed E-state index contributed by atoms with van der Waals surface area (Å²) in [5, 5.41) is 2.10. The van der Waals surface area contributed by atoms with Crippen LogP contribution in [-0.4, -0.2) is 23.3 Å². The maximum Gasteiger partial charge on any atom is 0.244 e. The Labute approximate surface area is 129 Å². The molecule has 0 radical (unpaired) electrons. The number of nitrogens with one attached hydrogen (secondary N) is 1. The number of nitrogens with zero attached hydrogens (tertiary/aromatic N) is 1. The Balaban J connectivity index is 2.05. The maximum absolute atomic E-state index is 13.5. The lowest BCUT2D eigenvalue weighted by Gasteiger charge is -2.19. The first-order chi connectivity index (χ1) is 10.9. The van der Waals surface area contributed by atoms with E-state index in [-0.39, 0.29) is 6.54 Å². The second kappa shape index (κ2) is 6.99. The summed E-state index contributed by atoms with van der Waals surface area (Å²) in [4.78, 5) is 24.6. The molecule has 0 saturated heterocycles. The molecule has 2 rings (SSSR count). The number of benzene rings is 1. The summed E-state index contributed by atoms with van der Waals surface area (Å²) in [7, 11) is 0. The minimum atomic E-state index is -1.68. The van der Waals surface area contributed by atoms with E-state index in [0.29, 0.717) is 11.8 Å². The molecule has 0 aliphatic rings. The van der Waals surface area contributed by atoms with Gasteiger partial charge in [0.2, 0.25) is 11.8 Å². The molecule has 1 aromatic carbocycles. The Kier molecular flexibility index (Phi) is 5.05. The number of rotatable bonds is 5. The molecule has 2 amide bonds. The fourth-order valence-electron chi connectivity index (χ4n) is 1.85. The normalized spacial score (nSPS) is 10.4. The number of hydrogen-bond acceptors (Lipinski definition) is 3. The topological polar surface area (TPSA) is 62.6 Å². The van der Waals surface area contributed by atoms with Crippen molar-refractivity contribution in [2.24, 2.45) is 0 Å². The predicted octanol–water partition coefficient (Wildman–Crippen LogP) is 2.68. The quantitative estimate of drug-likeness (QED) is 0.859. The molecule has 0 bridgehead atoms. The SMILES string of the molecule is CC(=O)N(CC(=O)Nc1ccc(F)c(F)c1F)Cc1ccco1. The fourth-order valence-corrected chi connectivity index (χ4v) is 1.85.